The normalized spacial score (nSPS) is 10.7. The molecule has 0 spiro atoms. The number of hydrogen-bond donors (Lipinski definition) is 1. The molecule has 2 heterocycles. The Labute approximate surface area is 110 Å². The molecule has 0 aliphatic rings. The minimum Gasteiger partial charge on any atom is -0.394 e. The van der Waals surface area contributed by atoms with Crippen molar-refractivity contribution in [3.8, 4) is 0 Å². The quantitative estimate of drug-likeness (QED) is 0.856. The van der Waals surface area contributed by atoms with Gasteiger partial charge in [-0.3, -0.25) is 0 Å². The van der Waals surface area contributed by atoms with Crippen LogP contribution in [0.5, 0.6) is 0 Å². The number of anilines is 2. The smallest absolute Gasteiger partial charge is 0.224 e. The van der Waals surface area contributed by atoms with E-state index in [1.807, 2.05) is 24.9 Å². The Morgan fingerprint density at radius 3 is 2.72 bits per heavy atom. The molecule has 2 aromatic rings. The lowest BCUT2D eigenvalue weighted by atomic mass is 10.3. The molecule has 0 aliphatic heterocycles. The zero-order valence-corrected chi connectivity index (χ0v) is 11.2. The maximum Gasteiger partial charge on any atom is 0.224 e. The van der Waals surface area contributed by atoms with Gasteiger partial charge in [0.2, 0.25) is 5.28 Å². The first-order chi connectivity index (χ1) is 8.47. The largest absolute Gasteiger partial charge is 0.394 e. The van der Waals surface area contributed by atoms with E-state index in [2.05, 4.69) is 15.1 Å². The van der Waals surface area contributed by atoms with Crippen LogP contribution in [0.1, 0.15) is 17.1 Å². The molecule has 2 aromatic heterocycles. The summed E-state index contributed by atoms with van der Waals surface area (Å²) in [5, 5.41) is 4.10. The molecule has 0 amide bonds. The van der Waals surface area contributed by atoms with Crippen LogP contribution in [0, 0.1) is 13.8 Å². The van der Waals surface area contributed by atoms with Crippen molar-refractivity contribution in [1.29, 1.82) is 0 Å². The van der Waals surface area contributed by atoms with Crippen molar-refractivity contribution in [3.05, 3.63) is 28.5 Å². The summed E-state index contributed by atoms with van der Waals surface area (Å²) in [6.45, 7) is 4.17. The van der Waals surface area contributed by atoms with Crippen molar-refractivity contribution < 1.29 is 4.52 Å². The first-order valence-corrected chi connectivity index (χ1v) is 5.78. The first kappa shape index (κ1) is 12.6. The highest BCUT2D eigenvalue weighted by atomic mass is 35.5. The van der Waals surface area contributed by atoms with Crippen LogP contribution in [0.25, 0.3) is 0 Å². The van der Waals surface area contributed by atoms with Crippen molar-refractivity contribution in [1.82, 2.24) is 15.1 Å². The molecule has 0 atom stereocenters. The Balaban J connectivity index is 2.26. The standard InChI is InChI=1S/C11H14ClN5O/c1-6-4-8(16-18-6)5-17(3)10-9(13)7(2)14-11(12)15-10/h4H,5,13H2,1-3H3. The van der Waals surface area contributed by atoms with Crippen molar-refractivity contribution in [2.45, 2.75) is 20.4 Å². The van der Waals surface area contributed by atoms with Gasteiger partial charge in [0.05, 0.1) is 17.9 Å². The monoisotopic (exact) mass is 267 g/mol. The summed E-state index contributed by atoms with van der Waals surface area (Å²) in [5.41, 5.74) is 7.93. The molecule has 7 heteroatoms. The van der Waals surface area contributed by atoms with Crippen molar-refractivity contribution >= 4 is 23.1 Å². The predicted molar refractivity (Wildman–Crippen MR) is 69.5 cm³/mol. The Morgan fingerprint density at radius 2 is 2.11 bits per heavy atom. The third kappa shape index (κ3) is 2.53. The number of nitrogens with two attached hydrogens (primary N) is 1. The summed E-state index contributed by atoms with van der Waals surface area (Å²) in [5.74, 6) is 1.36. The Hall–Kier alpha value is -1.82. The molecule has 0 radical (unpaired) electrons. The van der Waals surface area contributed by atoms with Gasteiger partial charge in [0.15, 0.2) is 5.82 Å². The SMILES string of the molecule is Cc1cc(CN(C)c2nc(Cl)nc(C)c2N)no1. The molecular weight excluding hydrogens is 254 g/mol. The molecule has 0 saturated heterocycles. The number of aromatic nitrogens is 3. The number of halogens is 1. The molecule has 0 fully saturated rings. The minimum absolute atomic E-state index is 0.180. The molecule has 2 N–H and O–H groups in total. The average Bonchev–Trinajstić information content (AvgIpc) is 2.69. The third-order valence-corrected chi connectivity index (χ3v) is 2.70. The molecule has 6 nitrogen and oxygen atoms in total. The van der Waals surface area contributed by atoms with Gasteiger partial charge in [0.25, 0.3) is 0 Å². The zero-order valence-electron chi connectivity index (χ0n) is 10.4. The molecule has 0 unspecified atom stereocenters. The number of hydrogen-bond acceptors (Lipinski definition) is 6. The van der Waals surface area contributed by atoms with Crippen LogP contribution in [0.4, 0.5) is 11.5 Å². The van der Waals surface area contributed by atoms with E-state index >= 15 is 0 Å². The van der Waals surface area contributed by atoms with E-state index in [1.54, 1.807) is 6.92 Å². The van der Waals surface area contributed by atoms with Crippen LogP contribution >= 0.6 is 11.6 Å². The van der Waals surface area contributed by atoms with Gasteiger partial charge in [-0.25, -0.2) is 4.98 Å². The summed E-state index contributed by atoms with van der Waals surface area (Å²) in [7, 11) is 1.86. The van der Waals surface area contributed by atoms with E-state index in [9.17, 15) is 0 Å². The molecular formula is C11H14ClN5O. The molecule has 0 aromatic carbocycles. The highest BCUT2D eigenvalue weighted by Crippen LogP contribution is 2.24. The maximum absolute atomic E-state index is 5.94. The van der Waals surface area contributed by atoms with E-state index in [0.717, 1.165) is 11.5 Å². The van der Waals surface area contributed by atoms with E-state index in [4.69, 9.17) is 21.9 Å². The molecule has 0 saturated carbocycles. The van der Waals surface area contributed by atoms with Crippen LogP contribution in [-0.4, -0.2) is 22.2 Å². The summed E-state index contributed by atoms with van der Waals surface area (Å²) in [6.07, 6.45) is 0. The number of rotatable bonds is 3. The highest BCUT2D eigenvalue weighted by molar-refractivity contribution is 6.28. The predicted octanol–water partition coefficient (Wildman–Crippen LogP) is 1.95. The molecule has 2 rings (SSSR count). The van der Waals surface area contributed by atoms with E-state index in [1.165, 1.54) is 0 Å². The van der Waals surface area contributed by atoms with Gasteiger partial charge in [-0.15, -0.1) is 0 Å². The van der Waals surface area contributed by atoms with Crippen LogP contribution in [0.15, 0.2) is 10.6 Å². The van der Waals surface area contributed by atoms with Crippen molar-refractivity contribution in [2.75, 3.05) is 17.7 Å². The van der Waals surface area contributed by atoms with E-state index in [0.29, 0.717) is 23.7 Å². The van der Waals surface area contributed by atoms with E-state index in [-0.39, 0.29) is 5.28 Å². The lowest BCUT2D eigenvalue weighted by molar-refractivity contribution is 0.390. The van der Waals surface area contributed by atoms with Crippen molar-refractivity contribution in [2.24, 2.45) is 0 Å². The number of nitrogens with zero attached hydrogens (tertiary/aromatic N) is 4. The van der Waals surface area contributed by atoms with Gasteiger partial charge in [0, 0.05) is 13.1 Å². The number of aryl methyl sites for hydroxylation is 2. The summed E-state index contributed by atoms with van der Waals surface area (Å²) in [4.78, 5) is 9.98. The second-order valence-corrected chi connectivity index (χ2v) is 4.44. The van der Waals surface area contributed by atoms with Crippen molar-refractivity contribution in [3.63, 3.8) is 0 Å². The maximum atomic E-state index is 5.94. The van der Waals surface area contributed by atoms with Gasteiger partial charge in [-0.2, -0.15) is 4.98 Å². The third-order valence-electron chi connectivity index (χ3n) is 2.53. The topological polar surface area (TPSA) is 81.1 Å². The highest BCUT2D eigenvalue weighted by Gasteiger charge is 2.13. The van der Waals surface area contributed by atoms with Gasteiger partial charge in [-0.1, -0.05) is 5.16 Å². The van der Waals surface area contributed by atoms with Gasteiger partial charge < -0.3 is 15.2 Å². The molecule has 0 bridgehead atoms. The average molecular weight is 268 g/mol. The molecule has 18 heavy (non-hydrogen) atoms. The summed E-state index contributed by atoms with van der Waals surface area (Å²) < 4.78 is 5.01. The second-order valence-electron chi connectivity index (χ2n) is 4.10. The van der Waals surface area contributed by atoms with Gasteiger partial charge in [-0.05, 0) is 25.4 Å². The Kier molecular flexibility index (Phi) is 3.38. The van der Waals surface area contributed by atoms with E-state index < -0.39 is 0 Å². The fourth-order valence-electron chi connectivity index (χ4n) is 1.63. The van der Waals surface area contributed by atoms with Crippen LogP contribution in [-0.2, 0) is 6.54 Å². The fourth-order valence-corrected chi connectivity index (χ4v) is 1.84. The number of nitrogen functional groups attached to an aromatic ring is 1. The van der Waals surface area contributed by atoms with Crippen LogP contribution in [0.3, 0.4) is 0 Å². The summed E-state index contributed by atoms with van der Waals surface area (Å²) >= 11 is 5.83. The molecule has 96 valence electrons. The Morgan fingerprint density at radius 1 is 1.39 bits per heavy atom. The summed E-state index contributed by atoms with van der Waals surface area (Å²) in [6, 6.07) is 1.86. The fraction of sp³-hybridized carbons (Fsp3) is 0.364. The Bertz CT molecular complexity index is 569. The van der Waals surface area contributed by atoms with Gasteiger partial charge in [0.1, 0.15) is 11.5 Å². The van der Waals surface area contributed by atoms with Crippen LogP contribution < -0.4 is 10.6 Å². The van der Waals surface area contributed by atoms with Gasteiger partial charge >= 0.3 is 0 Å². The first-order valence-electron chi connectivity index (χ1n) is 5.40. The minimum atomic E-state index is 0.180. The second kappa shape index (κ2) is 4.81. The zero-order chi connectivity index (χ0) is 13.3. The lowest BCUT2D eigenvalue weighted by Gasteiger charge is -2.19. The molecule has 0 aliphatic carbocycles. The lowest BCUT2D eigenvalue weighted by Crippen LogP contribution is -2.20. The van der Waals surface area contributed by atoms with Crippen LogP contribution in [0.2, 0.25) is 5.28 Å².